The third-order valence-electron chi connectivity index (χ3n) is 4.58. The molecule has 5 rings (SSSR count). The van der Waals surface area contributed by atoms with Crippen LogP contribution in [0.2, 0.25) is 0 Å². The van der Waals surface area contributed by atoms with Crippen LogP contribution in [0, 0.1) is 11.3 Å². The van der Waals surface area contributed by atoms with E-state index in [9.17, 15) is 10.1 Å². The van der Waals surface area contributed by atoms with Crippen LogP contribution in [0.5, 0.6) is 0 Å². The minimum absolute atomic E-state index is 0.232. The Hall–Kier alpha value is -2.90. The SMILES string of the molecule is N#Cc1c[nH]n2c(=O)cc(CSc3nnc(Cc4cccs4)n3C3CC3)nc12. The van der Waals surface area contributed by atoms with E-state index in [-0.39, 0.29) is 5.56 Å². The summed E-state index contributed by atoms with van der Waals surface area (Å²) >= 11 is 3.25. The quantitative estimate of drug-likeness (QED) is 0.491. The lowest BCUT2D eigenvalue weighted by molar-refractivity contribution is 0.635. The molecule has 1 aliphatic rings. The minimum atomic E-state index is -0.232. The average molecular weight is 410 g/mol. The predicted molar refractivity (Wildman–Crippen MR) is 106 cm³/mol. The van der Waals surface area contributed by atoms with Gasteiger partial charge in [0.2, 0.25) is 0 Å². The standard InChI is InChI=1S/C18H15N7OS2/c19-8-11-9-20-25-16(26)6-12(21-17(11)25)10-28-18-23-22-15(24(18)13-3-4-13)7-14-2-1-5-27-14/h1-2,5-6,9,13,20H,3-4,7,10H2. The minimum Gasteiger partial charge on any atom is -0.303 e. The molecule has 1 aliphatic carbocycles. The summed E-state index contributed by atoms with van der Waals surface area (Å²) in [7, 11) is 0. The second-order valence-corrected chi connectivity index (χ2v) is 8.56. The van der Waals surface area contributed by atoms with Crippen LogP contribution in [-0.4, -0.2) is 29.4 Å². The number of aromatic amines is 1. The first kappa shape index (κ1) is 17.2. The van der Waals surface area contributed by atoms with Gasteiger partial charge in [0, 0.05) is 35.4 Å². The van der Waals surface area contributed by atoms with Gasteiger partial charge in [0.1, 0.15) is 17.5 Å². The lowest BCUT2D eigenvalue weighted by Gasteiger charge is -2.08. The lowest BCUT2D eigenvalue weighted by atomic mass is 10.3. The van der Waals surface area contributed by atoms with Gasteiger partial charge < -0.3 is 4.57 Å². The lowest BCUT2D eigenvalue weighted by Crippen LogP contribution is -2.15. The van der Waals surface area contributed by atoms with E-state index in [1.165, 1.54) is 33.4 Å². The van der Waals surface area contributed by atoms with Crippen molar-refractivity contribution in [2.45, 2.75) is 36.2 Å². The highest BCUT2D eigenvalue weighted by Gasteiger charge is 2.29. The van der Waals surface area contributed by atoms with E-state index in [1.54, 1.807) is 11.3 Å². The molecule has 0 radical (unpaired) electrons. The molecule has 8 nitrogen and oxygen atoms in total. The van der Waals surface area contributed by atoms with Gasteiger partial charge in [0.05, 0.1) is 5.69 Å². The van der Waals surface area contributed by atoms with Crippen molar-refractivity contribution in [3.63, 3.8) is 0 Å². The van der Waals surface area contributed by atoms with Crippen LogP contribution in [-0.2, 0) is 12.2 Å². The number of thioether (sulfide) groups is 1. The Morgan fingerprint density at radius 3 is 3.04 bits per heavy atom. The van der Waals surface area contributed by atoms with Crippen molar-refractivity contribution in [2.24, 2.45) is 0 Å². The van der Waals surface area contributed by atoms with Crippen molar-refractivity contribution in [3.8, 4) is 6.07 Å². The summed E-state index contributed by atoms with van der Waals surface area (Å²) in [5.74, 6) is 1.47. The molecular formula is C18H15N7OS2. The number of hydrogen-bond donors (Lipinski definition) is 1. The van der Waals surface area contributed by atoms with E-state index < -0.39 is 0 Å². The molecule has 0 aliphatic heterocycles. The Bertz CT molecular complexity index is 1240. The van der Waals surface area contributed by atoms with Gasteiger partial charge >= 0.3 is 0 Å². The van der Waals surface area contributed by atoms with E-state index >= 15 is 0 Å². The molecule has 28 heavy (non-hydrogen) atoms. The topological polar surface area (TPSA) is 105 Å². The summed E-state index contributed by atoms with van der Waals surface area (Å²) in [5, 5.41) is 23.7. The predicted octanol–water partition coefficient (Wildman–Crippen LogP) is 2.77. The van der Waals surface area contributed by atoms with Crippen LogP contribution >= 0.6 is 23.1 Å². The molecule has 0 amide bonds. The highest BCUT2D eigenvalue weighted by molar-refractivity contribution is 7.98. The van der Waals surface area contributed by atoms with E-state index in [0.29, 0.717) is 28.7 Å². The summed E-state index contributed by atoms with van der Waals surface area (Å²) in [4.78, 5) is 18.0. The first-order valence-electron chi connectivity index (χ1n) is 8.82. The fraction of sp³-hybridized carbons (Fsp3) is 0.278. The zero-order valence-corrected chi connectivity index (χ0v) is 16.3. The summed E-state index contributed by atoms with van der Waals surface area (Å²) < 4.78 is 3.51. The molecule has 0 spiro atoms. The van der Waals surface area contributed by atoms with Gasteiger partial charge in [-0.3, -0.25) is 9.89 Å². The van der Waals surface area contributed by atoms with Crippen molar-refractivity contribution in [1.29, 1.82) is 5.26 Å². The van der Waals surface area contributed by atoms with Crippen LogP contribution < -0.4 is 5.56 Å². The highest BCUT2D eigenvalue weighted by atomic mass is 32.2. The highest BCUT2D eigenvalue weighted by Crippen LogP contribution is 2.39. The third-order valence-corrected chi connectivity index (χ3v) is 6.43. The second kappa shape index (κ2) is 6.92. The molecule has 0 saturated heterocycles. The molecule has 10 heteroatoms. The number of aromatic nitrogens is 6. The maximum Gasteiger partial charge on any atom is 0.272 e. The van der Waals surface area contributed by atoms with E-state index in [4.69, 9.17) is 0 Å². The summed E-state index contributed by atoms with van der Waals surface area (Å²) in [6, 6.07) is 8.16. The van der Waals surface area contributed by atoms with E-state index in [1.807, 2.05) is 12.1 Å². The molecule has 0 bridgehead atoms. The van der Waals surface area contributed by atoms with Crippen LogP contribution in [0.1, 0.15) is 40.8 Å². The molecule has 1 saturated carbocycles. The molecule has 1 N–H and O–H groups in total. The third kappa shape index (κ3) is 3.12. The Balaban J connectivity index is 1.41. The molecule has 0 unspecified atom stereocenters. The largest absolute Gasteiger partial charge is 0.303 e. The van der Waals surface area contributed by atoms with Crippen molar-refractivity contribution >= 4 is 28.7 Å². The van der Waals surface area contributed by atoms with Gasteiger partial charge in [-0.2, -0.15) is 5.26 Å². The zero-order valence-electron chi connectivity index (χ0n) is 14.7. The molecular weight excluding hydrogens is 394 g/mol. The number of nitrogens with zero attached hydrogens (tertiary/aromatic N) is 6. The Kier molecular flexibility index (Phi) is 4.26. The number of thiophene rings is 1. The van der Waals surface area contributed by atoms with Crippen molar-refractivity contribution in [3.05, 3.63) is 62.1 Å². The second-order valence-electron chi connectivity index (χ2n) is 6.59. The van der Waals surface area contributed by atoms with Gasteiger partial charge in [-0.05, 0) is 24.3 Å². The van der Waals surface area contributed by atoms with Gasteiger partial charge in [-0.15, -0.1) is 21.5 Å². The maximum atomic E-state index is 12.2. The molecule has 4 heterocycles. The molecule has 0 atom stereocenters. The molecule has 0 aromatic carbocycles. The molecule has 4 aromatic rings. The maximum absolute atomic E-state index is 12.2. The van der Waals surface area contributed by atoms with Crippen LogP contribution in [0.25, 0.3) is 5.65 Å². The van der Waals surface area contributed by atoms with E-state index in [0.717, 1.165) is 30.2 Å². The van der Waals surface area contributed by atoms with Crippen LogP contribution in [0.3, 0.4) is 0 Å². The Morgan fingerprint density at radius 1 is 1.39 bits per heavy atom. The number of nitrogens with one attached hydrogen (secondary N) is 1. The van der Waals surface area contributed by atoms with Crippen molar-refractivity contribution in [1.82, 2.24) is 29.4 Å². The number of nitriles is 1. The van der Waals surface area contributed by atoms with Crippen molar-refractivity contribution in [2.75, 3.05) is 0 Å². The number of fused-ring (bicyclic) bond motifs is 1. The first-order chi connectivity index (χ1) is 13.7. The first-order valence-corrected chi connectivity index (χ1v) is 10.7. The average Bonchev–Trinajstić information content (AvgIpc) is 3.09. The van der Waals surface area contributed by atoms with Gasteiger partial charge in [0.25, 0.3) is 5.56 Å². The van der Waals surface area contributed by atoms with Crippen LogP contribution in [0.4, 0.5) is 0 Å². The van der Waals surface area contributed by atoms with Gasteiger partial charge in [0.15, 0.2) is 10.8 Å². The molecule has 140 valence electrons. The Morgan fingerprint density at radius 2 is 2.29 bits per heavy atom. The fourth-order valence-corrected chi connectivity index (χ4v) is 4.74. The summed E-state index contributed by atoms with van der Waals surface area (Å²) in [6.45, 7) is 0. The summed E-state index contributed by atoms with van der Waals surface area (Å²) in [6.07, 6.45) is 4.55. The van der Waals surface area contributed by atoms with Gasteiger partial charge in [-0.25, -0.2) is 9.50 Å². The normalized spacial score (nSPS) is 13.8. The smallest absolute Gasteiger partial charge is 0.272 e. The zero-order chi connectivity index (χ0) is 19.1. The van der Waals surface area contributed by atoms with Crippen molar-refractivity contribution < 1.29 is 0 Å². The monoisotopic (exact) mass is 409 g/mol. The van der Waals surface area contributed by atoms with Gasteiger partial charge in [-0.1, -0.05) is 17.8 Å². The summed E-state index contributed by atoms with van der Waals surface area (Å²) in [5.41, 5.74) is 1.09. The van der Waals surface area contributed by atoms with Crippen LogP contribution in [0.15, 0.2) is 39.7 Å². The molecule has 1 fully saturated rings. The fourth-order valence-electron chi connectivity index (χ4n) is 3.12. The number of rotatable bonds is 6. The molecule has 4 aromatic heterocycles. The number of hydrogen-bond acceptors (Lipinski definition) is 7. The number of H-pyrrole nitrogens is 1. The van der Waals surface area contributed by atoms with E-state index in [2.05, 4.69) is 36.3 Å². The Labute approximate surface area is 167 Å².